The molecule has 1 aliphatic heterocycles. The van der Waals surface area contributed by atoms with E-state index in [2.05, 4.69) is 5.32 Å². The molecular formula is C29H28N4O7. The summed E-state index contributed by atoms with van der Waals surface area (Å²) in [4.78, 5) is 51.4. The molecule has 0 aliphatic carbocycles. The fourth-order valence-corrected chi connectivity index (χ4v) is 4.47. The summed E-state index contributed by atoms with van der Waals surface area (Å²) in [5.41, 5.74) is 0.716. The maximum atomic E-state index is 12.9. The summed E-state index contributed by atoms with van der Waals surface area (Å²) in [7, 11) is 1.65. The number of allylic oxidation sites excluding steroid dienone is 1. The number of hydrogen-bond acceptors (Lipinski definition) is 6. The number of carbonyl (C=O) groups is 3. The molecule has 1 heterocycles. The van der Waals surface area contributed by atoms with E-state index in [1.165, 1.54) is 41.0 Å². The zero-order chi connectivity index (χ0) is 28.8. The highest BCUT2D eigenvalue weighted by Crippen LogP contribution is 2.32. The maximum Gasteiger partial charge on any atom is 0.335 e. The first kappa shape index (κ1) is 27.8. The van der Waals surface area contributed by atoms with Crippen LogP contribution in [0.2, 0.25) is 0 Å². The first-order valence-corrected chi connectivity index (χ1v) is 12.5. The van der Waals surface area contributed by atoms with Gasteiger partial charge in [-0.25, -0.2) is 9.59 Å². The zero-order valence-electron chi connectivity index (χ0n) is 21.9. The molecule has 3 amide bonds. The molecule has 0 saturated heterocycles. The number of rotatable bonds is 10. The van der Waals surface area contributed by atoms with Crippen molar-refractivity contribution in [1.82, 2.24) is 15.1 Å². The lowest BCUT2D eigenvalue weighted by Gasteiger charge is -2.35. The molecular weight excluding hydrogens is 516 g/mol. The molecule has 206 valence electrons. The standard InChI is InChI=1S/C29H28N4O7/c1-19-25(28(35)36)26(21-8-6-9-22(18-21)33(38)39)30-29(37)32(19)17-7-16-31(2)27(34)20-12-14-24(15-13-20)40-23-10-4-3-5-11-23/h3-6,8-15,18,26H,7,16-17H2,1-2H3,(H,30,37)(H,35,36). The van der Waals surface area contributed by atoms with Gasteiger partial charge in [0, 0.05) is 43.5 Å². The van der Waals surface area contributed by atoms with Gasteiger partial charge in [-0.05, 0) is 55.3 Å². The minimum Gasteiger partial charge on any atom is -0.478 e. The van der Waals surface area contributed by atoms with Gasteiger partial charge in [-0.1, -0.05) is 30.3 Å². The van der Waals surface area contributed by atoms with Crippen LogP contribution in [0.1, 0.15) is 35.3 Å². The molecule has 3 aromatic rings. The fraction of sp³-hybridized carbons (Fsp3) is 0.207. The highest BCUT2D eigenvalue weighted by Gasteiger charge is 2.36. The Morgan fingerprint density at radius 3 is 2.38 bits per heavy atom. The molecule has 0 bridgehead atoms. The molecule has 0 radical (unpaired) electrons. The lowest BCUT2D eigenvalue weighted by atomic mass is 9.94. The van der Waals surface area contributed by atoms with E-state index >= 15 is 0 Å². The van der Waals surface area contributed by atoms with Gasteiger partial charge in [0.2, 0.25) is 0 Å². The summed E-state index contributed by atoms with van der Waals surface area (Å²) in [5.74, 6) is -0.168. The van der Waals surface area contributed by atoms with Crippen molar-refractivity contribution in [3.8, 4) is 11.5 Å². The van der Waals surface area contributed by atoms with Gasteiger partial charge in [0.1, 0.15) is 11.5 Å². The van der Waals surface area contributed by atoms with Crippen LogP contribution in [0.5, 0.6) is 11.5 Å². The number of hydrogen-bond donors (Lipinski definition) is 2. The van der Waals surface area contributed by atoms with Crippen molar-refractivity contribution < 1.29 is 29.2 Å². The van der Waals surface area contributed by atoms with E-state index in [1.54, 1.807) is 31.3 Å². The van der Waals surface area contributed by atoms with Crippen LogP contribution in [0.4, 0.5) is 10.5 Å². The lowest BCUT2D eigenvalue weighted by Crippen LogP contribution is -2.48. The molecule has 11 heteroatoms. The number of nitro benzene ring substituents is 1. The molecule has 2 N–H and O–H groups in total. The van der Waals surface area contributed by atoms with Crippen LogP contribution >= 0.6 is 0 Å². The second kappa shape index (κ2) is 12.1. The van der Waals surface area contributed by atoms with E-state index in [0.717, 1.165) is 0 Å². The van der Waals surface area contributed by atoms with Gasteiger partial charge in [0.15, 0.2) is 0 Å². The van der Waals surface area contributed by atoms with Crippen LogP contribution in [0, 0.1) is 10.1 Å². The first-order valence-electron chi connectivity index (χ1n) is 12.5. The Morgan fingerprint density at radius 2 is 1.73 bits per heavy atom. The number of nitrogens with zero attached hydrogens (tertiary/aromatic N) is 3. The summed E-state index contributed by atoms with van der Waals surface area (Å²) in [6, 6.07) is 20.0. The van der Waals surface area contributed by atoms with Gasteiger partial charge < -0.3 is 20.1 Å². The largest absolute Gasteiger partial charge is 0.478 e. The molecule has 0 fully saturated rings. The van der Waals surface area contributed by atoms with Gasteiger partial charge in [0.05, 0.1) is 16.5 Å². The van der Waals surface area contributed by atoms with Crippen LogP contribution in [-0.2, 0) is 4.79 Å². The number of carboxylic acid groups (broad SMARTS) is 1. The van der Waals surface area contributed by atoms with Crippen LogP contribution in [0.15, 0.2) is 90.1 Å². The molecule has 1 atom stereocenters. The summed E-state index contributed by atoms with van der Waals surface area (Å²) in [6.07, 6.45) is 0.385. The molecule has 3 aromatic carbocycles. The number of urea groups is 1. The van der Waals surface area contributed by atoms with E-state index in [4.69, 9.17) is 4.74 Å². The monoisotopic (exact) mass is 544 g/mol. The molecule has 1 unspecified atom stereocenters. The summed E-state index contributed by atoms with van der Waals surface area (Å²) in [5, 5.41) is 23.7. The van der Waals surface area contributed by atoms with Crippen molar-refractivity contribution in [2.75, 3.05) is 20.1 Å². The molecule has 40 heavy (non-hydrogen) atoms. The Morgan fingerprint density at radius 1 is 1.05 bits per heavy atom. The van der Waals surface area contributed by atoms with Crippen molar-refractivity contribution >= 4 is 23.6 Å². The second-order valence-corrected chi connectivity index (χ2v) is 9.21. The molecule has 11 nitrogen and oxygen atoms in total. The third-order valence-corrected chi connectivity index (χ3v) is 6.54. The average Bonchev–Trinajstić information content (AvgIpc) is 2.94. The predicted molar refractivity (Wildman–Crippen MR) is 146 cm³/mol. The summed E-state index contributed by atoms with van der Waals surface area (Å²) < 4.78 is 5.76. The van der Waals surface area contributed by atoms with Crippen LogP contribution < -0.4 is 10.1 Å². The number of ether oxygens (including phenoxy) is 1. The van der Waals surface area contributed by atoms with Gasteiger partial charge in [-0.2, -0.15) is 0 Å². The fourth-order valence-electron chi connectivity index (χ4n) is 4.47. The minimum atomic E-state index is -1.24. The number of aliphatic carboxylic acids is 1. The van der Waals surface area contributed by atoms with Crippen molar-refractivity contribution in [2.24, 2.45) is 0 Å². The normalized spacial score (nSPS) is 14.9. The Kier molecular flexibility index (Phi) is 8.43. The third kappa shape index (κ3) is 6.26. The number of para-hydroxylation sites is 1. The quantitative estimate of drug-likeness (QED) is 0.271. The van der Waals surface area contributed by atoms with E-state index in [9.17, 15) is 29.6 Å². The number of carboxylic acids is 1. The Balaban J connectivity index is 1.39. The summed E-state index contributed by atoms with van der Waals surface area (Å²) in [6.45, 7) is 2.01. The number of carbonyl (C=O) groups excluding carboxylic acids is 2. The van der Waals surface area contributed by atoms with Gasteiger partial charge in [-0.3, -0.25) is 19.8 Å². The molecule has 4 rings (SSSR count). The van der Waals surface area contributed by atoms with E-state index < -0.39 is 23.0 Å². The van der Waals surface area contributed by atoms with Gasteiger partial charge >= 0.3 is 12.0 Å². The highest BCUT2D eigenvalue weighted by molar-refractivity contribution is 5.94. The number of amides is 3. The average molecular weight is 545 g/mol. The van der Waals surface area contributed by atoms with Crippen molar-refractivity contribution in [1.29, 1.82) is 0 Å². The minimum absolute atomic E-state index is 0.0812. The lowest BCUT2D eigenvalue weighted by molar-refractivity contribution is -0.384. The Labute approximate surface area is 230 Å². The number of non-ortho nitro benzene ring substituents is 1. The van der Waals surface area contributed by atoms with E-state index in [-0.39, 0.29) is 29.4 Å². The SMILES string of the molecule is CC1=C(C(=O)O)C(c2cccc([N+](=O)[O-])c2)NC(=O)N1CCCN(C)C(=O)c1ccc(Oc2ccccc2)cc1. The zero-order valence-corrected chi connectivity index (χ0v) is 21.9. The van der Waals surface area contributed by atoms with Crippen LogP contribution in [0.3, 0.4) is 0 Å². The maximum absolute atomic E-state index is 12.9. The first-order chi connectivity index (χ1) is 19.2. The molecule has 0 saturated carbocycles. The number of benzene rings is 3. The van der Waals surface area contributed by atoms with E-state index in [0.29, 0.717) is 35.6 Å². The molecule has 1 aliphatic rings. The third-order valence-electron chi connectivity index (χ3n) is 6.54. The van der Waals surface area contributed by atoms with Crippen molar-refractivity contribution in [3.63, 3.8) is 0 Å². The van der Waals surface area contributed by atoms with Crippen molar-refractivity contribution in [3.05, 3.63) is 111 Å². The van der Waals surface area contributed by atoms with Gasteiger partial charge in [0.25, 0.3) is 11.6 Å². The Bertz CT molecular complexity index is 1450. The predicted octanol–water partition coefficient (Wildman–Crippen LogP) is 4.97. The number of nitrogens with one attached hydrogen (secondary N) is 1. The smallest absolute Gasteiger partial charge is 0.335 e. The van der Waals surface area contributed by atoms with Crippen LogP contribution in [0.25, 0.3) is 0 Å². The van der Waals surface area contributed by atoms with Crippen LogP contribution in [-0.4, -0.2) is 57.9 Å². The number of nitro groups is 1. The van der Waals surface area contributed by atoms with Gasteiger partial charge in [-0.15, -0.1) is 0 Å². The second-order valence-electron chi connectivity index (χ2n) is 9.21. The topological polar surface area (TPSA) is 142 Å². The molecule has 0 aromatic heterocycles. The van der Waals surface area contributed by atoms with E-state index in [1.807, 2.05) is 30.3 Å². The van der Waals surface area contributed by atoms with Crippen molar-refractivity contribution in [2.45, 2.75) is 19.4 Å². The summed E-state index contributed by atoms with van der Waals surface area (Å²) >= 11 is 0. The Hall–Kier alpha value is -5.19. The molecule has 0 spiro atoms. The highest BCUT2D eigenvalue weighted by atomic mass is 16.6.